The van der Waals surface area contributed by atoms with Gasteiger partial charge in [-0.3, -0.25) is 4.79 Å². The second-order valence-electron chi connectivity index (χ2n) is 5.43. The first-order chi connectivity index (χ1) is 8.68. The van der Waals surface area contributed by atoms with Gasteiger partial charge in [0.1, 0.15) is 0 Å². The van der Waals surface area contributed by atoms with Crippen LogP contribution in [0.5, 0.6) is 0 Å². The van der Waals surface area contributed by atoms with Gasteiger partial charge in [0.05, 0.1) is 0 Å². The highest BCUT2D eigenvalue weighted by molar-refractivity contribution is 9.10. The Kier molecular flexibility index (Phi) is 3.14. The quantitative estimate of drug-likeness (QED) is 0.748. The summed E-state index contributed by atoms with van der Waals surface area (Å²) in [6, 6.07) is 8.49. The molecule has 3 atom stereocenters. The van der Waals surface area contributed by atoms with E-state index in [9.17, 15) is 4.79 Å². The van der Waals surface area contributed by atoms with Crippen molar-refractivity contribution in [2.24, 2.45) is 11.8 Å². The molecule has 1 aromatic carbocycles. The number of rotatable bonds is 1. The molecule has 18 heavy (non-hydrogen) atoms. The third-order valence-electron chi connectivity index (χ3n) is 4.41. The van der Waals surface area contributed by atoms with Gasteiger partial charge in [-0.15, -0.1) is 0 Å². The zero-order valence-electron chi connectivity index (χ0n) is 10.5. The van der Waals surface area contributed by atoms with Crippen LogP contribution in [0, 0.1) is 11.8 Å². The number of ketones is 1. The molecule has 2 aliphatic carbocycles. The maximum absolute atomic E-state index is 12.3. The molecule has 1 nitrogen and oxygen atoms in total. The molecule has 1 aromatic rings. The predicted molar refractivity (Wildman–Crippen MR) is 76.5 cm³/mol. The molecule has 1 fully saturated rings. The van der Waals surface area contributed by atoms with Crippen molar-refractivity contribution in [1.29, 1.82) is 0 Å². The number of halogens is 1. The van der Waals surface area contributed by atoms with E-state index in [1.807, 2.05) is 0 Å². The normalized spacial score (nSPS) is 31.1. The van der Waals surface area contributed by atoms with Crippen molar-refractivity contribution in [3.05, 3.63) is 46.0 Å². The van der Waals surface area contributed by atoms with Crippen LogP contribution in [0.2, 0.25) is 0 Å². The topological polar surface area (TPSA) is 17.1 Å². The first-order valence-electron chi connectivity index (χ1n) is 6.68. The van der Waals surface area contributed by atoms with Gasteiger partial charge in [-0.05, 0) is 48.4 Å². The lowest BCUT2D eigenvalue weighted by atomic mass is 9.79. The Labute approximate surface area is 116 Å². The van der Waals surface area contributed by atoms with E-state index in [2.05, 4.69) is 53.2 Å². The molecular formula is C16H17BrO. The molecule has 0 aliphatic heterocycles. The molecule has 0 aromatic heterocycles. The summed E-state index contributed by atoms with van der Waals surface area (Å²) >= 11 is 3.47. The second-order valence-corrected chi connectivity index (χ2v) is 6.34. The van der Waals surface area contributed by atoms with Gasteiger partial charge in [0.2, 0.25) is 0 Å². The van der Waals surface area contributed by atoms with Crippen molar-refractivity contribution in [3.63, 3.8) is 0 Å². The van der Waals surface area contributed by atoms with Gasteiger partial charge in [0, 0.05) is 16.3 Å². The Morgan fingerprint density at radius 3 is 2.67 bits per heavy atom. The third kappa shape index (κ3) is 1.87. The Hall–Kier alpha value is -0.890. The number of carbonyl (C=O) groups is 1. The van der Waals surface area contributed by atoms with E-state index in [4.69, 9.17) is 0 Å². The minimum absolute atomic E-state index is 0.139. The fraction of sp³-hybridized carbons (Fsp3) is 0.438. The van der Waals surface area contributed by atoms with Crippen molar-refractivity contribution >= 4 is 21.7 Å². The molecule has 0 radical (unpaired) electrons. The number of hydrogen-bond donors (Lipinski definition) is 0. The molecule has 1 saturated carbocycles. The third-order valence-corrected chi connectivity index (χ3v) is 4.94. The average Bonchev–Trinajstić information content (AvgIpc) is 2.64. The van der Waals surface area contributed by atoms with Crippen LogP contribution in [0.15, 0.2) is 40.4 Å². The van der Waals surface area contributed by atoms with Gasteiger partial charge in [-0.25, -0.2) is 0 Å². The van der Waals surface area contributed by atoms with Gasteiger partial charge in [-0.2, -0.15) is 0 Å². The summed E-state index contributed by atoms with van der Waals surface area (Å²) < 4.78 is 1.10. The molecular weight excluding hydrogens is 288 g/mol. The number of allylic oxidation sites excluding steroid dienone is 2. The molecule has 3 rings (SSSR count). The first kappa shape index (κ1) is 12.2. The molecule has 94 valence electrons. The summed E-state index contributed by atoms with van der Waals surface area (Å²) in [5.74, 6) is 1.37. The van der Waals surface area contributed by atoms with Gasteiger partial charge in [0.15, 0.2) is 5.78 Å². The molecule has 0 amide bonds. The van der Waals surface area contributed by atoms with Gasteiger partial charge >= 0.3 is 0 Å². The van der Waals surface area contributed by atoms with E-state index in [1.165, 1.54) is 18.4 Å². The monoisotopic (exact) mass is 304 g/mol. The number of carbonyl (C=O) groups excluding carboxylic acids is 1. The Bertz CT molecular complexity index is 500. The summed E-state index contributed by atoms with van der Waals surface area (Å²) in [5.41, 5.74) is 2.43. The highest BCUT2D eigenvalue weighted by Gasteiger charge is 2.44. The van der Waals surface area contributed by atoms with E-state index >= 15 is 0 Å². The Morgan fingerprint density at radius 2 is 1.94 bits per heavy atom. The molecule has 0 bridgehead atoms. The van der Waals surface area contributed by atoms with Crippen molar-refractivity contribution in [3.8, 4) is 0 Å². The SMILES string of the molecule is C[C@@H]1C(=O)C2=CCCC[C@@H]2[C@H]1c1ccc(Br)cc1. The summed E-state index contributed by atoms with van der Waals surface area (Å²) in [6.45, 7) is 2.09. The van der Waals surface area contributed by atoms with Crippen LogP contribution in [0.4, 0.5) is 0 Å². The molecule has 0 N–H and O–H groups in total. The number of benzene rings is 1. The molecule has 0 heterocycles. The molecule has 2 aliphatic rings. The predicted octanol–water partition coefficient (Wildman–Crippen LogP) is 4.48. The van der Waals surface area contributed by atoms with Crippen LogP contribution >= 0.6 is 15.9 Å². The van der Waals surface area contributed by atoms with Gasteiger partial charge in [0.25, 0.3) is 0 Å². The smallest absolute Gasteiger partial charge is 0.162 e. The lowest BCUT2D eigenvalue weighted by molar-refractivity contribution is -0.117. The van der Waals surface area contributed by atoms with Crippen LogP contribution < -0.4 is 0 Å². The average molecular weight is 305 g/mol. The van der Waals surface area contributed by atoms with E-state index in [-0.39, 0.29) is 5.92 Å². The fourth-order valence-corrected chi connectivity index (χ4v) is 3.80. The van der Waals surface area contributed by atoms with Gasteiger partial charge < -0.3 is 0 Å². The molecule has 0 unspecified atom stereocenters. The van der Waals surface area contributed by atoms with E-state index in [0.717, 1.165) is 16.5 Å². The second kappa shape index (κ2) is 4.65. The lowest BCUT2D eigenvalue weighted by Crippen LogP contribution is -2.13. The summed E-state index contributed by atoms with van der Waals surface area (Å²) in [5, 5.41) is 0. The van der Waals surface area contributed by atoms with Crippen molar-refractivity contribution in [1.82, 2.24) is 0 Å². The van der Waals surface area contributed by atoms with Crippen molar-refractivity contribution < 1.29 is 4.79 Å². The zero-order valence-corrected chi connectivity index (χ0v) is 12.1. The van der Waals surface area contributed by atoms with Crippen molar-refractivity contribution in [2.75, 3.05) is 0 Å². The Morgan fingerprint density at radius 1 is 1.22 bits per heavy atom. The maximum atomic E-state index is 12.3. The number of Topliss-reactive ketones (excluding diaryl/α,β-unsaturated/α-hetero) is 1. The lowest BCUT2D eigenvalue weighted by Gasteiger charge is -2.24. The minimum atomic E-state index is 0.139. The molecule has 2 heteroatoms. The highest BCUT2D eigenvalue weighted by atomic mass is 79.9. The number of hydrogen-bond acceptors (Lipinski definition) is 1. The largest absolute Gasteiger partial charge is 0.294 e. The fourth-order valence-electron chi connectivity index (χ4n) is 3.54. The van der Waals surface area contributed by atoms with Crippen molar-refractivity contribution in [2.45, 2.75) is 32.1 Å². The first-order valence-corrected chi connectivity index (χ1v) is 7.47. The minimum Gasteiger partial charge on any atom is -0.294 e. The summed E-state index contributed by atoms with van der Waals surface area (Å²) in [6.07, 6.45) is 5.66. The zero-order chi connectivity index (χ0) is 12.7. The van der Waals surface area contributed by atoms with Crippen LogP contribution in [0.1, 0.15) is 37.7 Å². The van der Waals surface area contributed by atoms with Crippen LogP contribution in [-0.2, 0) is 4.79 Å². The summed E-state index contributed by atoms with van der Waals surface area (Å²) in [7, 11) is 0. The standard InChI is InChI=1S/C16H17BrO/c1-10-15(11-6-8-12(17)9-7-11)13-4-2-3-5-14(13)16(10)18/h5-10,13,15H,2-4H2,1H3/t10-,13-,15+/m0/s1. The van der Waals surface area contributed by atoms with Gasteiger partial charge in [-0.1, -0.05) is 41.1 Å². The molecule has 0 saturated heterocycles. The Balaban J connectivity index is 2.01. The van der Waals surface area contributed by atoms with E-state index in [1.54, 1.807) is 0 Å². The van der Waals surface area contributed by atoms with E-state index < -0.39 is 0 Å². The highest BCUT2D eigenvalue weighted by Crippen LogP contribution is 2.49. The van der Waals surface area contributed by atoms with Crippen LogP contribution in [-0.4, -0.2) is 5.78 Å². The van der Waals surface area contributed by atoms with Crippen LogP contribution in [0.25, 0.3) is 0 Å². The summed E-state index contributed by atoms with van der Waals surface area (Å²) in [4.78, 5) is 12.3. The number of fused-ring (bicyclic) bond motifs is 1. The maximum Gasteiger partial charge on any atom is 0.162 e. The van der Waals surface area contributed by atoms with Crippen LogP contribution in [0.3, 0.4) is 0 Å². The molecule has 0 spiro atoms. The van der Waals surface area contributed by atoms with E-state index in [0.29, 0.717) is 17.6 Å².